The molecule has 2 aromatic rings. The van der Waals surface area contributed by atoms with Gasteiger partial charge in [0.2, 0.25) is 0 Å². The van der Waals surface area contributed by atoms with Gasteiger partial charge in [0.15, 0.2) is 5.11 Å². The largest absolute Gasteiger partial charge is 0.465 e. The van der Waals surface area contributed by atoms with E-state index < -0.39 is 11.8 Å². The first-order valence-corrected chi connectivity index (χ1v) is 9.89. The lowest BCUT2D eigenvalue weighted by atomic mass is 10.1. The summed E-state index contributed by atoms with van der Waals surface area (Å²) in [6, 6.07) is 6.09. The molecule has 0 radical (unpaired) electrons. The van der Waals surface area contributed by atoms with Crippen molar-refractivity contribution in [1.29, 1.82) is 0 Å². The fraction of sp³-hybridized carbons (Fsp3) is 0.316. The zero-order valence-electron chi connectivity index (χ0n) is 16.1. The first-order chi connectivity index (χ1) is 13.3. The second-order valence-corrected chi connectivity index (χ2v) is 7.22. The van der Waals surface area contributed by atoms with E-state index in [2.05, 4.69) is 10.6 Å². The Hall–Kier alpha value is -2.52. The highest BCUT2D eigenvalue weighted by Crippen LogP contribution is 2.34. The highest BCUT2D eigenvalue weighted by molar-refractivity contribution is 7.80. The molecule has 0 atom stereocenters. The fourth-order valence-electron chi connectivity index (χ4n) is 2.63. The lowest BCUT2D eigenvalue weighted by Crippen LogP contribution is -2.30. The Morgan fingerprint density at radius 2 is 1.86 bits per heavy atom. The molecular weight excluding hydrogens is 401 g/mol. The molecule has 150 valence electrons. The van der Waals surface area contributed by atoms with E-state index >= 15 is 0 Å². The standard InChI is InChI=1S/C19H22FN3O3S2/c1-5-23(6-2)17(24)15-11(3)14(18(25)26-4)16(28-15)22-19(27)21-13-10-8-7-9-12(13)20/h7-10H,5-6H2,1-4H3,(H2,21,22,27). The van der Waals surface area contributed by atoms with E-state index in [9.17, 15) is 14.0 Å². The van der Waals surface area contributed by atoms with Gasteiger partial charge in [-0.05, 0) is 50.7 Å². The van der Waals surface area contributed by atoms with Crippen molar-refractivity contribution in [2.75, 3.05) is 30.8 Å². The van der Waals surface area contributed by atoms with Gasteiger partial charge >= 0.3 is 5.97 Å². The van der Waals surface area contributed by atoms with Crippen molar-refractivity contribution < 1.29 is 18.7 Å². The molecule has 0 bridgehead atoms. The number of para-hydroxylation sites is 1. The summed E-state index contributed by atoms with van der Waals surface area (Å²) in [7, 11) is 1.27. The maximum Gasteiger partial charge on any atom is 0.341 e. The van der Waals surface area contributed by atoms with E-state index in [0.29, 0.717) is 28.5 Å². The Morgan fingerprint density at radius 3 is 2.43 bits per heavy atom. The van der Waals surface area contributed by atoms with Crippen LogP contribution < -0.4 is 10.6 Å². The van der Waals surface area contributed by atoms with E-state index in [-0.39, 0.29) is 22.3 Å². The third-order valence-electron chi connectivity index (χ3n) is 4.13. The molecule has 2 N–H and O–H groups in total. The van der Waals surface area contributed by atoms with Crippen molar-refractivity contribution in [2.24, 2.45) is 0 Å². The second kappa shape index (κ2) is 9.61. The number of benzene rings is 1. The summed E-state index contributed by atoms with van der Waals surface area (Å²) >= 11 is 6.36. The predicted octanol–water partition coefficient (Wildman–Crippen LogP) is 4.27. The number of esters is 1. The normalized spacial score (nSPS) is 10.3. The Bertz CT molecular complexity index is 895. The monoisotopic (exact) mass is 423 g/mol. The van der Waals surface area contributed by atoms with Crippen LogP contribution in [0, 0.1) is 12.7 Å². The topological polar surface area (TPSA) is 70.7 Å². The van der Waals surface area contributed by atoms with Crippen LogP contribution in [0.2, 0.25) is 0 Å². The van der Waals surface area contributed by atoms with Crippen LogP contribution in [0.4, 0.5) is 15.1 Å². The molecule has 0 saturated heterocycles. The third-order valence-corrected chi connectivity index (χ3v) is 5.53. The molecule has 0 aliphatic rings. The minimum absolute atomic E-state index is 0.0957. The van der Waals surface area contributed by atoms with E-state index in [0.717, 1.165) is 11.3 Å². The number of anilines is 2. The Balaban J connectivity index is 2.35. The van der Waals surface area contributed by atoms with Gasteiger partial charge in [0.25, 0.3) is 5.91 Å². The summed E-state index contributed by atoms with van der Waals surface area (Å²) in [6.07, 6.45) is 0. The van der Waals surface area contributed by atoms with Crippen molar-refractivity contribution in [2.45, 2.75) is 20.8 Å². The van der Waals surface area contributed by atoms with Gasteiger partial charge in [-0.25, -0.2) is 9.18 Å². The van der Waals surface area contributed by atoms with E-state index in [1.807, 2.05) is 13.8 Å². The minimum atomic E-state index is -0.580. The minimum Gasteiger partial charge on any atom is -0.465 e. The summed E-state index contributed by atoms with van der Waals surface area (Å²) in [5, 5.41) is 6.11. The van der Waals surface area contributed by atoms with Crippen LogP contribution in [0.15, 0.2) is 24.3 Å². The molecule has 1 heterocycles. The molecular formula is C19H22FN3O3S2. The average Bonchev–Trinajstić information content (AvgIpc) is 2.99. The molecule has 2 rings (SSSR count). The van der Waals surface area contributed by atoms with Crippen molar-refractivity contribution in [3.8, 4) is 0 Å². The number of nitrogens with zero attached hydrogens (tertiary/aromatic N) is 1. The van der Waals surface area contributed by atoms with Crippen LogP contribution in [-0.4, -0.2) is 42.1 Å². The molecule has 0 unspecified atom stereocenters. The van der Waals surface area contributed by atoms with Gasteiger partial charge in [0.1, 0.15) is 10.8 Å². The molecule has 0 fully saturated rings. The van der Waals surface area contributed by atoms with Gasteiger partial charge in [0, 0.05) is 13.1 Å². The zero-order chi connectivity index (χ0) is 20.8. The van der Waals surface area contributed by atoms with Gasteiger partial charge < -0.3 is 20.3 Å². The second-order valence-electron chi connectivity index (χ2n) is 5.79. The Labute approximate surface area is 172 Å². The molecule has 1 aromatic heterocycles. The number of thiophene rings is 1. The molecule has 9 heteroatoms. The van der Waals surface area contributed by atoms with Crippen LogP contribution in [0.5, 0.6) is 0 Å². The van der Waals surface area contributed by atoms with Gasteiger partial charge in [-0.15, -0.1) is 11.3 Å². The number of thiocarbonyl (C=S) groups is 1. The van der Waals surface area contributed by atoms with E-state index in [1.54, 1.807) is 30.0 Å². The number of methoxy groups -OCH3 is 1. The van der Waals surface area contributed by atoms with Crippen LogP contribution in [0.3, 0.4) is 0 Å². The number of amides is 1. The van der Waals surface area contributed by atoms with Crippen molar-refractivity contribution in [1.82, 2.24) is 4.90 Å². The van der Waals surface area contributed by atoms with Gasteiger partial charge in [-0.3, -0.25) is 4.79 Å². The summed E-state index contributed by atoms with van der Waals surface area (Å²) in [5.41, 5.74) is 0.956. The van der Waals surface area contributed by atoms with Gasteiger partial charge in [-0.1, -0.05) is 12.1 Å². The van der Waals surface area contributed by atoms with Crippen molar-refractivity contribution in [3.05, 3.63) is 46.1 Å². The fourth-order valence-corrected chi connectivity index (χ4v) is 4.07. The first-order valence-electron chi connectivity index (χ1n) is 8.67. The number of carbonyl (C=O) groups excluding carboxylic acids is 2. The van der Waals surface area contributed by atoms with Crippen molar-refractivity contribution in [3.63, 3.8) is 0 Å². The van der Waals surface area contributed by atoms with E-state index in [1.165, 1.54) is 13.2 Å². The van der Waals surface area contributed by atoms with Gasteiger partial charge in [-0.2, -0.15) is 0 Å². The summed E-state index contributed by atoms with van der Waals surface area (Å²) in [5.74, 6) is -1.21. The quantitative estimate of drug-likeness (QED) is 0.534. The smallest absolute Gasteiger partial charge is 0.341 e. The maximum atomic E-state index is 13.8. The summed E-state index contributed by atoms with van der Waals surface area (Å²) in [6.45, 7) is 6.57. The number of rotatable bonds is 6. The number of nitrogens with one attached hydrogen (secondary N) is 2. The zero-order valence-corrected chi connectivity index (χ0v) is 17.7. The predicted molar refractivity (Wildman–Crippen MR) is 114 cm³/mol. The van der Waals surface area contributed by atoms with Crippen LogP contribution in [-0.2, 0) is 4.74 Å². The summed E-state index contributed by atoms with van der Waals surface area (Å²) < 4.78 is 18.7. The van der Waals surface area contributed by atoms with Crippen molar-refractivity contribution >= 4 is 51.2 Å². The number of hydrogen-bond acceptors (Lipinski definition) is 5. The Morgan fingerprint density at radius 1 is 1.21 bits per heavy atom. The summed E-state index contributed by atoms with van der Waals surface area (Å²) in [4.78, 5) is 27.2. The molecule has 0 aliphatic heterocycles. The number of carbonyl (C=O) groups is 2. The SMILES string of the molecule is CCN(CC)C(=O)c1sc(NC(=S)Nc2ccccc2F)c(C(=O)OC)c1C. The van der Waals surface area contributed by atoms with Crippen LogP contribution >= 0.6 is 23.6 Å². The first kappa shape index (κ1) is 21.8. The van der Waals surface area contributed by atoms with Crippen LogP contribution in [0.25, 0.3) is 0 Å². The molecule has 28 heavy (non-hydrogen) atoms. The van der Waals surface area contributed by atoms with Crippen LogP contribution in [0.1, 0.15) is 39.4 Å². The number of hydrogen-bond donors (Lipinski definition) is 2. The number of halogens is 1. The lowest BCUT2D eigenvalue weighted by molar-refractivity contribution is 0.0601. The Kier molecular flexibility index (Phi) is 7.47. The molecule has 0 saturated carbocycles. The third kappa shape index (κ3) is 4.66. The highest BCUT2D eigenvalue weighted by Gasteiger charge is 2.27. The molecule has 0 aliphatic carbocycles. The molecule has 1 amide bonds. The lowest BCUT2D eigenvalue weighted by Gasteiger charge is -2.17. The van der Waals surface area contributed by atoms with E-state index in [4.69, 9.17) is 17.0 Å². The molecule has 1 aromatic carbocycles. The van der Waals surface area contributed by atoms with Gasteiger partial charge in [0.05, 0.1) is 23.2 Å². The average molecular weight is 424 g/mol. The highest BCUT2D eigenvalue weighted by atomic mass is 32.1. The number of ether oxygens (including phenoxy) is 1. The maximum absolute atomic E-state index is 13.8. The molecule has 6 nitrogen and oxygen atoms in total. The molecule has 0 spiro atoms.